The third-order valence-electron chi connectivity index (χ3n) is 4.99. The number of benzene rings is 1. The highest BCUT2D eigenvalue weighted by molar-refractivity contribution is 5.28. The third kappa shape index (κ3) is 3.35. The summed E-state index contributed by atoms with van der Waals surface area (Å²) in [5, 5.41) is 3.66. The summed E-state index contributed by atoms with van der Waals surface area (Å²) in [7, 11) is 0. The molecule has 2 nitrogen and oxygen atoms in total. The van der Waals surface area contributed by atoms with Crippen LogP contribution in [0.1, 0.15) is 44.6 Å². The molecule has 2 aliphatic carbocycles. The molecule has 2 aliphatic rings. The minimum Gasteiger partial charge on any atom is -0.494 e. The number of rotatable bonds is 7. The molecular weight excluding hydrogens is 246 g/mol. The van der Waals surface area contributed by atoms with Gasteiger partial charge >= 0.3 is 0 Å². The summed E-state index contributed by atoms with van der Waals surface area (Å²) in [6, 6.07) is 8.50. The van der Waals surface area contributed by atoms with Crippen LogP contribution in [-0.2, 0) is 6.54 Å². The van der Waals surface area contributed by atoms with Gasteiger partial charge in [-0.25, -0.2) is 0 Å². The Morgan fingerprint density at radius 1 is 1.25 bits per heavy atom. The van der Waals surface area contributed by atoms with Gasteiger partial charge in [0.25, 0.3) is 0 Å². The Bertz CT molecular complexity index is 431. The Hall–Kier alpha value is -1.02. The molecule has 2 bridgehead atoms. The van der Waals surface area contributed by atoms with Gasteiger partial charge < -0.3 is 10.1 Å². The van der Waals surface area contributed by atoms with Crippen molar-refractivity contribution in [1.29, 1.82) is 0 Å². The van der Waals surface area contributed by atoms with Crippen LogP contribution in [0.5, 0.6) is 5.75 Å². The van der Waals surface area contributed by atoms with E-state index in [-0.39, 0.29) is 0 Å². The van der Waals surface area contributed by atoms with Gasteiger partial charge in [0.1, 0.15) is 5.75 Å². The van der Waals surface area contributed by atoms with Crippen molar-refractivity contribution in [2.45, 2.75) is 45.6 Å². The van der Waals surface area contributed by atoms with Crippen LogP contribution in [0.25, 0.3) is 0 Å². The second-order valence-electron chi connectivity index (χ2n) is 6.56. The molecular formula is C18H27NO. The number of ether oxygens (including phenoxy) is 1. The monoisotopic (exact) mass is 273 g/mol. The van der Waals surface area contributed by atoms with Gasteiger partial charge in [0, 0.05) is 6.54 Å². The van der Waals surface area contributed by atoms with Crippen molar-refractivity contribution in [2.75, 3.05) is 13.2 Å². The van der Waals surface area contributed by atoms with Crippen LogP contribution in [0.15, 0.2) is 24.3 Å². The van der Waals surface area contributed by atoms with E-state index in [4.69, 9.17) is 4.74 Å². The van der Waals surface area contributed by atoms with E-state index in [9.17, 15) is 0 Å². The Labute approximate surface area is 122 Å². The molecule has 2 fully saturated rings. The average Bonchev–Trinajstić information content (AvgIpc) is 3.08. The first-order chi connectivity index (χ1) is 9.85. The van der Waals surface area contributed by atoms with Crippen LogP contribution in [0.3, 0.4) is 0 Å². The first kappa shape index (κ1) is 13.9. The molecule has 2 saturated carbocycles. The lowest BCUT2D eigenvalue weighted by Crippen LogP contribution is -2.26. The SMILES string of the molecule is CCCOc1cccc(CNCC2CC3CCC2C3)c1. The molecule has 1 N–H and O–H groups in total. The summed E-state index contributed by atoms with van der Waals surface area (Å²) in [6.45, 7) is 5.11. The molecule has 0 spiro atoms. The molecule has 3 rings (SSSR count). The number of hydrogen-bond donors (Lipinski definition) is 1. The summed E-state index contributed by atoms with van der Waals surface area (Å²) < 4.78 is 5.69. The van der Waals surface area contributed by atoms with Gasteiger partial charge in [-0.1, -0.05) is 25.5 Å². The van der Waals surface area contributed by atoms with Crippen molar-refractivity contribution in [3.63, 3.8) is 0 Å². The fourth-order valence-electron chi connectivity index (χ4n) is 3.99. The fourth-order valence-corrected chi connectivity index (χ4v) is 3.99. The topological polar surface area (TPSA) is 21.3 Å². The average molecular weight is 273 g/mol. The van der Waals surface area contributed by atoms with E-state index in [0.29, 0.717) is 0 Å². The van der Waals surface area contributed by atoms with Crippen molar-refractivity contribution in [3.8, 4) is 5.75 Å². The summed E-state index contributed by atoms with van der Waals surface area (Å²) in [5.74, 6) is 4.02. The maximum atomic E-state index is 5.69. The lowest BCUT2D eigenvalue weighted by Gasteiger charge is -2.22. The lowest BCUT2D eigenvalue weighted by molar-refractivity contribution is 0.314. The van der Waals surface area contributed by atoms with E-state index < -0.39 is 0 Å². The zero-order chi connectivity index (χ0) is 13.8. The molecule has 0 aromatic heterocycles. The molecule has 2 heteroatoms. The Morgan fingerprint density at radius 3 is 2.95 bits per heavy atom. The minimum atomic E-state index is 0.808. The van der Waals surface area contributed by atoms with Gasteiger partial charge in [-0.2, -0.15) is 0 Å². The highest BCUT2D eigenvalue weighted by Crippen LogP contribution is 2.47. The van der Waals surface area contributed by atoms with E-state index in [1.807, 2.05) is 0 Å². The first-order valence-electron chi connectivity index (χ1n) is 8.27. The molecule has 3 atom stereocenters. The molecule has 20 heavy (non-hydrogen) atoms. The second-order valence-corrected chi connectivity index (χ2v) is 6.56. The largest absolute Gasteiger partial charge is 0.494 e. The van der Waals surface area contributed by atoms with Gasteiger partial charge in [-0.3, -0.25) is 0 Å². The number of nitrogens with one attached hydrogen (secondary N) is 1. The van der Waals surface area contributed by atoms with E-state index in [1.165, 1.54) is 37.8 Å². The minimum absolute atomic E-state index is 0.808. The molecule has 1 aromatic carbocycles. The van der Waals surface area contributed by atoms with Crippen LogP contribution >= 0.6 is 0 Å². The first-order valence-corrected chi connectivity index (χ1v) is 8.27. The fraction of sp³-hybridized carbons (Fsp3) is 0.667. The standard InChI is InChI=1S/C18H27NO/c1-2-8-20-18-5-3-4-15(11-18)12-19-13-17-10-14-6-7-16(17)9-14/h3-5,11,14,16-17,19H,2,6-10,12-13H2,1H3. The van der Waals surface area contributed by atoms with E-state index in [0.717, 1.165) is 43.1 Å². The van der Waals surface area contributed by atoms with Gasteiger partial charge in [0.05, 0.1) is 6.61 Å². The molecule has 0 saturated heterocycles. The van der Waals surface area contributed by atoms with Crippen molar-refractivity contribution in [2.24, 2.45) is 17.8 Å². The highest BCUT2D eigenvalue weighted by Gasteiger charge is 2.38. The van der Waals surface area contributed by atoms with Crippen LogP contribution in [0.2, 0.25) is 0 Å². The summed E-state index contributed by atoms with van der Waals surface area (Å²) >= 11 is 0. The van der Waals surface area contributed by atoms with Crippen LogP contribution < -0.4 is 10.1 Å². The summed E-state index contributed by atoms with van der Waals surface area (Å²) in [4.78, 5) is 0. The van der Waals surface area contributed by atoms with Gasteiger partial charge in [0.15, 0.2) is 0 Å². The predicted octanol–water partition coefficient (Wildman–Crippen LogP) is 4.00. The van der Waals surface area contributed by atoms with Crippen LogP contribution in [-0.4, -0.2) is 13.2 Å². The van der Waals surface area contributed by atoms with Crippen LogP contribution in [0.4, 0.5) is 0 Å². The molecule has 3 unspecified atom stereocenters. The van der Waals surface area contributed by atoms with Crippen molar-refractivity contribution in [3.05, 3.63) is 29.8 Å². The second kappa shape index (κ2) is 6.62. The van der Waals surface area contributed by atoms with E-state index in [1.54, 1.807) is 0 Å². The normalized spacial score (nSPS) is 27.9. The molecule has 0 heterocycles. The Balaban J connectivity index is 1.44. The predicted molar refractivity (Wildman–Crippen MR) is 82.9 cm³/mol. The Morgan fingerprint density at radius 2 is 2.20 bits per heavy atom. The Kier molecular flexibility index (Phi) is 4.62. The quantitative estimate of drug-likeness (QED) is 0.810. The van der Waals surface area contributed by atoms with E-state index >= 15 is 0 Å². The maximum absolute atomic E-state index is 5.69. The maximum Gasteiger partial charge on any atom is 0.119 e. The molecule has 110 valence electrons. The van der Waals surface area contributed by atoms with Gasteiger partial charge in [0.2, 0.25) is 0 Å². The van der Waals surface area contributed by atoms with Crippen molar-refractivity contribution in [1.82, 2.24) is 5.32 Å². The van der Waals surface area contributed by atoms with Gasteiger partial charge in [-0.15, -0.1) is 0 Å². The number of fused-ring (bicyclic) bond motifs is 2. The molecule has 1 aromatic rings. The van der Waals surface area contributed by atoms with Crippen LogP contribution in [0, 0.1) is 17.8 Å². The van der Waals surface area contributed by atoms with Crippen molar-refractivity contribution < 1.29 is 4.74 Å². The van der Waals surface area contributed by atoms with Crippen molar-refractivity contribution >= 4 is 0 Å². The lowest BCUT2D eigenvalue weighted by atomic mass is 9.89. The summed E-state index contributed by atoms with van der Waals surface area (Å²) in [5.41, 5.74) is 1.33. The third-order valence-corrected chi connectivity index (χ3v) is 4.99. The smallest absolute Gasteiger partial charge is 0.119 e. The summed E-state index contributed by atoms with van der Waals surface area (Å²) in [6.07, 6.45) is 7.02. The highest BCUT2D eigenvalue weighted by atomic mass is 16.5. The zero-order valence-corrected chi connectivity index (χ0v) is 12.6. The molecule has 0 aliphatic heterocycles. The molecule has 0 radical (unpaired) electrons. The number of hydrogen-bond acceptors (Lipinski definition) is 2. The van der Waals surface area contributed by atoms with Gasteiger partial charge in [-0.05, 0) is 67.7 Å². The molecule has 0 amide bonds. The van der Waals surface area contributed by atoms with E-state index in [2.05, 4.69) is 36.5 Å². The zero-order valence-electron chi connectivity index (χ0n) is 12.6.